The molecule has 6 nitrogen and oxygen atoms in total. The Labute approximate surface area is 86.1 Å². The zero-order valence-electron chi connectivity index (χ0n) is 7.56. The van der Waals surface area contributed by atoms with Crippen LogP contribution in [0.3, 0.4) is 0 Å². The van der Waals surface area contributed by atoms with Gasteiger partial charge in [0.25, 0.3) is 0 Å². The van der Waals surface area contributed by atoms with E-state index in [4.69, 9.17) is 31.0 Å². The van der Waals surface area contributed by atoms with Gasteiger partial charge in [-0.15, -0.1) is 0 Å². The van der Waals surface area contributed by atoms with Crippen molar-refractivity contribution in [3.05, 3.63) is 22.3 Å². The summed E-state index contributed by atoms with van der Waals surface area (Å²) >= 11 is 0. The lowest BCUT2D eigenvalue weighted by Crippen LogP contribution is -2.03. The third kappa shape index (κ3) is 3.34. The maximum Gasteiger partial charge on any atom is 0.173 e. The van der Waals surface area contributed by atoms with E-state index in [9.17, 15) is 0 Å². The Morgan fingerprint density at radius 3 is 2.13 bits per heavy atom. The predicted octanol–water partition coefficient (Wildman–Crippen LogP) is -0.0144. The molecule has 0 aromatic rings. The molecule has 0 aliphatic heterocycles. The fourth-order valence-corrected chi connectivity index (χ4v) is 0.670. The Kier molecular flexibility index (Phi) is 5.70. The van der Waals surface area contributed by atoms with Crippen molar-refractivity contribution in [3.8, 4) is 18.2 Å². The fraction of sp³-hybridized carbons (Fsp3) is 0.222. The second-order valence-electron chi connectivity index (χ2n) is 2.10. The first-order chi connectivity index (χ1) is 7.24. The van der Waals surface area contributed by atoms with E-state index < -0.39 is 11.1 Å². The topological polar surface area (TPSA) is 123 Å². The molecule has 0 bridgehead atoms. The lowest BCUT2D eigenvalue weighted by molar-refractivity contribution is 0.150. The number of ether oxygens (including phenoxy) is 1. The first kappa shape index (κ1) is 12.4. The average Bonchev–Trinajstić information content (AvgIpc) is 2.28. The zero-order valence-corrected chi connectivity index (χ0v) is 7.56. The molecule has 0 aromatic heterocycles. The van der Waals surface area contributed by atoms with Crippen molar-refractivity contribution >= 4 is 5.87 Å². The van der Waals surface area contributed by atoms with E-state index in [1.807, 2.05) is 0 Å². The van der Waals surface area contributed by atoms with Crippen LogP contribution in [0.5, 0.6) is 0 Å². The van der Waals surface area contributed by atoms with Gasteiger partial charge in [0.15, 0.2) is 11.3 Å². The molecule has 15 heavy (non-hydrogen) atoms. The van der Waals surface area contributed by atoms with E-state index in [0.717, 1.165) is 0 Å². The fourth-order valence-electron chi connectivity index (χ4n) is 0.670. The van der Waals surface area contributed by atoms with Gasteiger partial charge in [-0.25, -0.2) is 5.87 Å². The number of allylic oxidation sites excluding steroid dienone is 2. The maximum absolute atomic E-state index is 8.53. The molecule has 74 valence electrons. The number of rotatable bonds is 4. The Balaban J connectivity index is 5.38. The molecule has 0 saturated heterocycles. The van der Waals surface area contributed by atoms with Gasteiger partial charge in [-0.05, 0) is 0 Å². The molecule has 0 aliphatic rings. The van der Waals surface area contributed by atoms with Gasteiger partial charge in [-0.1, -0.05) is 0 Å². The molecule has 0 aromatic carbocycles. The van der Waals surface area contributed by atoms with Crippen LogP contribution in [0, 0.1) is 34.0 Å². The van der Waals surface area contributed by atoms with Crippen LogP contribution < -0.4 is 0 Å². The molecule has 0 fully saturated rings. The van der Waals surface area contributed by atoms with Gasteiger partial charge >= 0.3 is 0 Å². The molecular formula is C9H5N4O2-. The zero-order chi connectivity index (χ0) is 11.7. The van der Waals surface area contributed by atoms with Crippen molar-refractivity contribution in [1.82, 2.24) is 0 Å². The summed E-state index contributed by atoms with van der Waals surface area (Å²) in [6, 6.07) is 4.50. The number of nitrogens with zero attached hydrogens (tertiary/aromatic N) is 4. The van der Waals surface area contributed by atoms with Gasteiger partial charge in [-0.3, -0.25) is 0 Å². The second kappa shape index (κ2) is 6.88. The highest BCUT2D eigenvalue weighted by Crippen LogP contribution is 2.13. The Bertz CT molecular complexity index is 422. The Morgan fingerprint density at radius 2 is 1.80 bits per heavy atom. The van der Waals surface area contributed by atoms with E-state index in [1.54, 1.807) is 0 Å². The Hall–Kier alpha value is -2.58. The highest BCUT2D eigenvalue weighted by atomic mass is 16.5. The summed E-state index contributed by atoms with van der Waals surface area (Å²) in [5, 5.41) is 42.6. The summed E-state index contributed by atoms with van der Waals surface area (Å²) in [5.74, 6) is 1.11. The molecule has 0 unspecified atom stereocenters. The van der Waals surface area contributed by atoms with E-state index in [2.05, 4.69) is 0 Å². The minimum atomic E-state index is -0.471. The molecule has 0 spiro atoms. The van der Waals surface area contributed by atoms with E-state index >= 15 is 0 Å². The maximum atomic E-state index is 8.53. The molecule has 0 saturated carbocycles. The molecule has 0 amide bonds. The summed E-state index contributed by atoms with van der Waals surface area (Å²) in [6.45, 7) is -0.549. The highest BCUT2D eigenvalue weighted by molar-refractivity contribution is 5.73. The number of hydrogen-bond acceptors (Lipinski definition) is 5. The normalized spacial score (nSPS) is 7.33. The first-order valence-corrected chi connectivity index (χ1v) is 3.70. The molecule has 6 heteroatoms. The van der Waals surface area contributed by atoms with Gasteiger partial charge in [0.2, 0.25) is 0 Å². The van der Waals surface area contributed by atoms with Crippen molar-refractivity contribution in [2.24, 2.45) is 0 Å². The van der Waals surface area contributed by atoms with Gasteiger partial charge < -0.3 is 15.3 Å². The monoisotopic (exact) mass is 201 g/mol. The largest absolute Gasteiger partial charge is 0.762 e. The van der Waals surface area contributed by atoms with Crippen LogP contribution in [0.25, 0.3) is 5.41 Å². The predicted molar refractivity (Wildman–Crippen MR) is 48.8 cm³/mol. The number of aliphatic hydroxyl groups is 1. The smallest absolute Gasteiger partial charge is 0.173 e. The quantitative estimate of drug-likeness (QED) is 0.296. The van der Waals surface area contributed by atoms with Crippen LogP contribution in [-0.2, 0) is 4.74 Å². The van der Waals surface area contributed by atoms with Gasteiger partial charge in [-0.2, -0.15) is 15.8 Å². The lowest BCUT2D eigenvalue weighted by Gasteiger charge is -2.06. The molecule has 0 heterocycles. The molecule has 0 atom stereocenters. The van der Waals surface area contributed by atoms with Gasteiger partial charge in [0.1, 0.15) is 30.4 Å². The van der Waals surface area contributed by atoms with Crippen LogP contribution >= 0.6 is 0 Å². The average molecular weight is 201 g/mol. The summed E-state index contributed by atoms with van der Waals surface area (Å²) in [6.07, 6.45) is 0. The molecule has 0 aliphatic carbocycles. The number of hydrogen-bond donors (Lipinski definition) is 1. The molecule has 0 radical (unpaired) electrons. The standard InChI is InChI=1S/C9H5N4O2/c10-3-7(4-11)9(15-2-1-14)8(5-12)6-13/h14H,1-2H2/q-1. The van der Waals surface area contributed by atoms with Crippen molar-refractivity contribution in [3.63, 3.8) is 0 Å². The molecule has 1 N–H and O–H groups in total. The third-order valence-corrected chi connectivity index (χ3v) is 1.24. The summed E-state index contributed by atoms with van der Waals surface area (Å²) in [4.78, 5) is 0. The van der Waals surface area contributed by atoms with Crippen LogP contribution in [0.1, 0.15) is 0 Å². The third-order valence-electron chi connectivity index (χ3n) is 1.24. The molecule has 0 rings (SSSR count). The van der Waals surface area contributed by atoms with Crippen molar-refractivity contribution in [2.75, 3.05) is 13.2 Å². The Morgan fingerprint density at radius 1 is 1.20 bits per heavy atom. The molecular weight excluding hydrogens is 196 g/mol. The van der Waals surface area contributed by atoms with Crippen LogP contribution in [0.15, 0.2) is 16.9 Å². The van der Waals surface area contributed by atoms with Crippen LogP contribution in [-0.4, -0.2) is 24.2 Å². The highest BCUT2D eigenvalue weighted by Gasteiger charge is 2.11. The van der Waals surface area contributed by atoms with Crippen molar-refractivity contribution < 1.29 is 9.84 Å². The van der Waals surface area contributed by atoms with Crippen LogP contribution in [0.2, 0.25) is 0 Å². The van der Waals surface area contributed by atoms with E-state index in [0.29, 0.717) is 0 Å². The van der Waals surface area contributed by atoms with E-state index in [-0.39, 0.29) is 19.0 Å². The van der Waals surface area contributed by atoms with Crippen molar-refractivity contribution in [2.45, 2.75) is 0 Å². The summed E-state index contributed by atoms with van der Waals surface area (Å²) < 4.78 is 4.78. The summed E-state index contributed by atoms with van der Waals surface area (Å²) in [7, 11) is 0. The first-order valence-electron chi connectivity index (χ1n) is 3.70. The number of nitriles is 3. The SMILES string of the molecule is N#CC(=C=[N-])C(OCCO)=C(C#N)C#N. The number of aliphatic hydroxyl groups excluding tert-OH is 1. The lowest BCUT2D eigenvalue weighted by atomic mass is 10.1. The van der Waals surface area contributed by atoms with Crippen molar-refractivity contribution in [1.29, 1.82) is 15.8 Å². The van der Waals surface area contributed by atoms with Crippen LogP contribution in [0.4, 0.5) is 0 Å². The van der Waals surface area contributed by atoms with Gasteiger partial charge in [0.05, 0.1) is 6.61 Å². The van der Waals surface area contributed by atoms with Gasteiger partial charge in [0, 0.05) is 0 Å². The van der Waals surface area contributed by atoms with E-state index in [1.165, 1.54) is 24.1 Å². The minimum absolute atomic E-state index is 0.199. The summed E-state index contributed by atoms with van der Waals surface area (Å²) in [5.41, 5.74) is -0.942. The minimum Gasteiger partial charge on any atom is -0.762 e. The second-order valence-corrected chi connectivity index (χ2v) is 2.10.